The number of thioether (sulfide) groups is 1. The first-order valence-corrected chi connectivity index (χ1v) is 7.11. The number of carbonyl (C=O) groups is 1. The van der Waals surface area contributed by atoms with Crippen molar-refractivity contribution >= 4 is 17.7 Å². The number of amides is 1. The lowest BCUT2D eigenvalue weighted by Gasteiger charge is -2.21. The van der Waals surface area contributed by atoms with Gasteiger partial charge in [-0.05, 0) is 17.6 Å². The number of imidazole rings is 1. The molecule has 0 bridgehead atoms. The van der Waals surface area contributed by atoms with Crippen molar-refractivity contribution < 1.29 is 4.79 Å². The molecule has 0 unspecified atom stereocenters. The van der Waals surface area contributed by atoms with Crippen LogP contribution < -0.4 is 5.32 Å². The van der Waals surface area contributed by atoms with E-state index in [1.54, 1.807) is 11.8 Å². The molecule has 2 N–H and O–H groups in total. The van der Waals surface area contributed by atoms with Crippen molar-refractivity contribution in [3.63, 3.8) is 0 Å². The molecule has 0 fully saturated rings. The second kappa shape index (κ2) is 4.72. The topological polar surface area (TPSA) is 57.8 Å². The second-order valence-corrected chi connectivity index (χ2v) is 6.45. The molecule has 0 aromatic carbocycles. The van der Waals surface area contributed by atoms with Gasteiger partial charge in [-0.2, -0.15) is 11.8 Å². The summed E-state index contributed by atoms with van der Waals surface area (Å²) >= 11 is 1.81. The van der Waals surface area contributed by atoms with Gasteiger partial charge in [0.15, 0.2) is 0 Å². The molecule has 1 aliphatic rings. The van der Waals surface area contributed by atoms with Crippen LogP contribution in [-0.2, 0) is 12.2 Å². The van der Waals surface area contributed by atoms with Crippen LogP contribution in [0, 0.1) is 5.41 Å². The molecule has 4 nitrogen and oxygen atoms in total. The van der Waals surface area contributed by atoms with Gasteiger partial charge in [-0.3, -0.25) is 4.79 Å². The summed E-state index contributed by atoms with van der Waals surface area (Å²) in [5.74, 6) is 2.77. The van der Waals surface area contributed by atoms with Crippen LogP contribution in [-0.4, -0.2) is 28.2 Å². The highest BCUT2D eigenvalue weighted by Gasteiger charge is 2.29. The lowest BCUT2D eigenvalue weighted by Crippen LogP contribution is -2.32. The lowest BCUT2D eigenvalue weighted by molar-refractivity contribution is 0.0940. The molecule has 0 spiro atoms. The molecule has 94 valence electrons. The zero-order valence-electron chi connectivity index (χ0n) is 10.6. The Labute approximate surface area is 106 Å². The molecule has 0 radical (unpaired) electrons. The van der Waals surface area contributed by atoms with Crippen LogP contribution in [0.3, 0.4) is 0 Å². The zero-order chi connectivity index (χ0) is 12.5. The van der Waals surface area contributed by atoms with Gasteiger partial charge in [-0.25, -0.2) is 4.98 Å². The van der Waals surface area contributed by atoms with Crippen LogP contribution in [0.5, 0.6) is 0 Å². The molecular weight excluding hydrogens is 234 g/mol. The lowest BCUT2D eigenvalue weighted by atomic mass is 9.88. The third kappa shape index (κ3) is 2.83. The van der Waals surface area contributed by atoms with Gasteiger partial charge in [0.05, 0.1) is 5.75 Å². The second-order valence-electron chi connectivity index (χ2n) is 5.17. The maximum Gasteiger partial charge on any atom is 0.271 e. The molecule has 2 heterocycles. The molecule has 1 aliphatic heterocycles. The predicted octanol–water partition coefficient (Wildman–Crippen LogP) is 1.97. The quantitative estimate of drug-likeness (QED) is 0.866. The fourth-order valence-corrected chi connectivity index (χ4v) is 2.53. The molecule has 0 saturated heterocycles. The van der Waals surface area contributed by atoms with Gasteiger partial charge >= 0.3 is 0 Å². The van der Waals surface area contributed by atoms with E-state index in [9.17, 15) is 4.79 Å². The minimum absolute atomic E-state index is 0.0467. The number of fused-ring (bicyclic) bond motifs is 1. The smallest absolute Gasteiger partial charge is 0.271 e. The fourth-order valence-electron chi connectivity index (χ4n) is 1.99. The molecule has 17 heavy (non-hydrogen) atoms. The number of H-pyrrole nitrogens is 1. The molecular formula is C12H19N3OS. The van der Waals surface area contributed by atoms with E-state index >= 15 is 0 Å². The van der Waals surface area contributed by atoms with Crippen molar-refractivity contribution in [2.45, 2.75) is 32.9 Å². The average molecular weight is 253 g/mol. The van der Waals surface area contributed by atoms with Crippen molar-refractivity contribution in [2.75, 3.05) is 12.3 Å². The Kier molecular flexibility index (Phi) is 3.47. The zero-order valence-corrected chi connectivity index (χ0v) is 11.4. The van der Waals surface area contributed by atoms with Crippen LogP contribution in [0.1, 0.15) is 42.8 Å². The number of hydrogen-bond acceptors (Lipinski definition) is 3. The van der Waals surface area contributed by atoms with Crippen LogP contribution in [0.2, 0.25) is 0 Å². The first-order chi connectivity index (χ1) is 8.02. The van der Waals surface area contributed by atoms with E-state index in [0.717, 1.165) is 29.4 Å². The molecule has 5 heteroatoms. The number of nitrogens with one attached hydrogen (secondary N) is 2. The number of carbonyl (C=O) groups excluding carboxylic acids is 1. The highest BCUT2D eigenvalue weighted by molar-refractivity contribution is 7.98. The van der Waals surface area contributed by atoms with E-state index in [1.165, 1.54) is 0 Å². The van der Waals surface area contributed by atoms with Crippen molar-refractivity contribution in [3.05, 3.63) is 17.2 Å². The van der Waals surface area contributed by atoms with Crippen molar-refractivity contribution in [2.24, 2.45) is 5.41 Å². The summed E-state index contributed by atoms with van der Waals surface area (Å²) in [6.45, 7) is 7.14. The maximum atomic E-state index is 11.9. The Hall–Kier alpha value is -0.970. The Bertz CT molecular complexity index is 425. The van der Waals surface area contributed by atoms with Crippen molar-refractivity contribution in [3.8, 4) is 0 Å². The van der Waals surface area contributed by atoms with Gasteiger partial charge in [0, 0.05) is 12.2 Å². The number of nitrogens with zero attached hydrogens (tertiary/aromatic N) is 1. The van der Waals surface area contributed by atoms with Gasteiger partial charge in [0.25, 0.3) is 5.91 Å². The summed E-state index contributed by atoms with van der Waals surface area (Å²) in [6.07, 6.45) is 0.866. The summed E-state index contributed by atoms with van der Waals surface area (Å²) in [6, 6.07) is 0. The predicted molar refractivity (Wildman–Crippen MR) is 70.2 cm³/mol. The third-order valence-corrected chi connectivity index (χ3v) is 3.75. The summed E-state index contributed by atoms with van der Waals surface area (Å²) in [7, 11) is 0. The maximum absolute atomic E-state index is 11.9. The molecule has 1 aromatic heterocycles. The van der Waals surface area contributed by atoms with E-state index in [1.807, 2.05) is 0 Å². The van der Waals surface area contributed by atoms with E-state index < -0.39 is 0 Å². The van der Waals surface area contributed by atoms with Gasteiger partial charge in [-0.15, -0.1) is 0 Å². The van der Waals surface area contributed by atoms with Gasteiger partial charge in [0.1, 0.15) is 11.5 Å². The normalized spacial score (nSPS) is 18.4. The Morgan fingerprint density at radius 2 is 2.24 bits per heavy atom. The van der Waals surface area contributed by atoms with Crippen LogP contribution in [0.15, 0.2) is 0 Å². The largest absolute Gasteiger partial charge is 0.350 e. The first kappa shape index (κ1) is 12.5. The molecule has 0 saturated carbocycles. The van der Waals surface area contributed by atoms with Gasteiger partial charge in [0.2, 0.25) is 0 Å². The van der Waals surface area contributed by atoms with Gasteiger partial charge in [-0.1, -0.05) is 20.8 Å². The van der Waals surface area contributed by atoms with Crippen molar-refractivity contribution in [1.82, 2.24) is 15.3 Å². The monoisotopic (exact) mass is 253 g/mol. The molecule has 2 rings (SSSR count). The highest BCUT2D eigenvalue weighted by Crippen LogP contribution is 2.25. The summed E-state index contributed by atoms with van der Waals surface area (Å²) < 4.78 is 0. The van der Waals surface area contributed by atoms with E-state index in [0.29, 0.717) is 12.2 Å². The fraction of sp³-hybridized carbons (Fsp3) is 0.667. The molecule has 1 amide bonds. The third-order valence-electron chi connectivity index (χ3n) is 2.87. The Balaban J connectivity index is 2.25. The molecule has 0 atom stereocenters. The summed E-state index contributed by atoms with van der Waals surface area (Å²) in [4.78, 5) is 19.6. The first-order valence-electron chi connectivity index (χ1n) is 5.95. The minimum Gasteiger partial charge on any atom is -0.350 e. The SMILES string of the molecule is CCSCc1nc2c([nH]1)CC(C)(C)CNC2=O. The average Bonchev–Trinajstić information content (AvgIpc) is 2.61. The molecule has 1 aromatic rings. The Morgan fingerprint density at radius 1 is 1.47 bits per heavy atom. The minimum atomic E-state index is -0.0467. The number of hydrogen-bond donors (Lipinski definition) is 2. The number of rotatable bonds is 3. The molecule has 0 aliphatic carbocycles. The van der Waals surface area contributed by atoms with Crippen LogP contribution >= 0.6 is 11.8 Å². The summed E-state index contributed by atoms with van der Waals surface area (Å²) in [5, 5.41) is 2.93. The van der Waals surface area contributed by atoms with Gasteiger partial charge < -0.3 is 10.3 Å². The van der Waals surface area contributed by atoms with E-state index in [4.69, 9.17) is 0 Å². The number of aromatic nitrogens is 2. The standard InChI is InChI=1S/C12H19N3OS/c1-4-17-6-9-14-8-5-12(2,3)7-13-11(16)10(8)15-9/h4-7H2,1-3H3,(H,13,16)(H,14,15). The highest BCUT2D eigenvalue weighted by atomic mass is 32.2. The summed E-state index contributed by atoms with van der Waals surface area (Å²) in [5.41, 5.74) is 1.65. The van der Waals surface area contributed by atoms with Crippen LogP contribution in [0.4, 0.5) is 0 Å². The van der Waals surface area contributed by atoms with E-state index in [2.05, 4.69) is 36.1 Å². The van der Waals surface area contributed by atoms with Crippen LogP contribution in [0.25, 0.3) is 0 Å². The van der Waals surface area contributed by atoms with E-state index in [-0.39, 0.29) is 11.3 Å². The Morgan fingerprint density at radius 3 is 2.94 bits per heavy atom. The van der Waals surface area contributed by atoms with Crippen molar-refractivity contribution in [1.29, 1.82) is 0 Å². The number of aromatic amines is 1.